The summed E-state index contributed by atoms with van der Waals surface area (Å²) < 4.78 is 0. The van der Waals surface area contributed by atoms with Crippen LogP contribution in [0.2, 0.25) is 0 Å². The monoisotopic (exact) mass is 620 g/mol. The van der Waals surface area contributed by atoms with Gasteiger partial charge in [0.25, 0.3) is 0 Å². The summed E-state index contributed by atoms with van der Waals surface area (Å²) in [5.74, 6) is -0.308. The van der Waals surface area contributed by atoms with Crippen LogP contribution < -0.4 is 31.9 Å². The SMILES string of the molecule is CNC(=O)Nc1ccccc1-c1ccc(CC2Sc3ccccc3NC(=O)[C@@H]2NC(=O)NCC(C)(C)NC[C@H](O)CO)cc1. The normalized spacial score (nSPS) is 17.0. The fraction of sp³-hybridized carbons (Fsp3) is 0.344. The van der Waals surface area contributed by atoms with Gasteiger partial charge in [0, 0.05) is 41.4 Å². The number of carbonyl (C=O) groups excluding carboxylic acids is 3. The lowest BCUT2D eigenvalue weighted by atomic mass is 9.99. The van der Waals surface area contributed by atoms with Crippen molar-refractivity contribution < 1.29 is 24.6 Å². The Kier molecular flexibility index (Phi) is 11.2. The van der Waals surface area contributed by atoms with Crippen LogP contribution in [0.5, 0.6) is 0 Å². The largest absolute Gasteiger partial charge is 0.394 e. The van der Waals surface area contributed by atoms with Crippen molar-refractivity contribution in [2.24, 2.45) is 0 Å². The molecule has 3 aromatic carbocycles. The Labute approximate surface area is 261 Å². The lowest BCUT2D eigenvalue weighted by molar-refractivity contribution is -0.117. The molecule has 0 bridgehead atoms. The zero-order chi connectivity index (χ0) is 31.7. The molecule has 1 aliphatic rings. The zero-order valence-corrected chi connectivity index (χ0v) is 25.8. The lowest BCUT2D eigenvalue weighted by Gasteiger charge is -2.29. The summed E-state index contributed by atoms with van der Waals surface area (Å²) in [4.78, 5) is 39.3. The first-order chi connectivity index (χ1) is 21.1. The summed E-state index contributed by atoms with van der Waals surface area (Å²) in [6, 6.07) is 21.4. The number of para-hydroxylation sites is 2. The molecule has 234 valence electrons. The van der Waals surface area contributed by atoms with Crippen LogP contribution in [0.25, 0.3) is 11.1 Å². The van der Waals surface area contributed by atoms with E-state index in [4.69, 9.17) is 5.11 Å². The van der Waals surface area contributed by atoms with Crippen LogP contribution >= 0.6 is 11.8 Å². The van der Waals surface area contributed by atoms with Crippen LogP contribution in [0.3, 0.4) is 0 Å². The average Bonchev–Trinajstić information content (AvgIpc) is 3.15. The zero-order valence-electron chi connectivity index (χ0n) is 25.0. The van der Waals surface area contributed by atoms with Gasteiger partial charge in [-0.3, -0.25) is 4.79 Å². The molecular formula is C32H40N6O5S. The van der Waals surface area contributed by atoms with E-state index in [1.807, 2.05) is 86.6 Å². The van der Waals surface area contributed by atoms with Crippen molar-refractivity contribution in [2.45, 2.75) is 48.1 Å². The molecule has 3 aromatic rings. The molecule has 0 aliphatic carbocycles. The van der Waals surface area contributed by atoms with E-state index in [1.165, 1.54) is 11.8 Å². The molecule has 0 fully saturated rings. The third-order valence-corrected chi connectivity index (χ3v) is 8.54. The van der Waals surface area contributed by atoms with E-state index in [2.05, 4.69) is 31.9 Å². The highest BCUT2D eigenvalue weighted by molar-refractivity contribution is 8.00. The van der Waals surface area contributed by atoms with Crippen molar-refractivity contribution in [3.8, 4) is 11.1 Å². The maximum Gasteiger partial charge on any atom is 0.318 e. The van der Waals surface area contributed by atoms with Crippen molar-refractivity contribution in [1.82, 2.24) is 21.3 Å². The molecule has 3 atom stereocenters. The molecule has 4 rings (SSSR count). The molecule has 5 amide bonds. The Balaban J connectivity index is 1.50. The van der Waals surface area contributed by atoms with E-state index in [0.717, 1.165) is 21.6 Å². The third-order valence-electron chi connectivity index (χ3n) is 7.19. The van der Waals surface area contributed by atoms with Crippen molar-refractivity contribution in [1.29, 1.82) is 0 Å². The highest BCUT2D eigenvalue weighted by atomic mass is 32.2. The smallest absolute Gasteiger partial charge is 0.318 e. The van der Waals surface area contributed by atoms with Crippen molar-refractivity contribution in [3.05, 3.63) is 78.4 Å². The maximum atomic E-state index is 13.4. The predicted molar refractivity (Wildman–Crippen MR) is 174 cm³/mol. The fourth-order valence-electron chi connectivity index (χ4n) is 4.70. The van der Waals surface area contributed by atoms with E-state index in [0.29, 0.717) is 17.8 Å². The molecule has 8 N–H and O–H groups in total. The van der Waals surface area contributed by atoms with E-state index in [9.17, 15) is 19.5 Å². The van der Waals surface area contributed by atoms with Crippen LogP contribution in [-0.2, 0) is 11.2 Å². The molecule has 1 heterocycles. The number of aliphatic hydroxyl groups is 2. The Hall–Kier alpha value is -4.10. The number of aliphatic hydroxyl groups excluding tert-OH is 2. The van der Waals surface area contributed by atoms with E-state index in [1.54, 1.807) is 7.05 Å². The number of β-amino-alcohol motifs (C(OH)–C–C–N with tert-alkyl or cyclic N) is 1. The molecule has 0 radical (unpaired) electrons. The Bertz CT molecular complexity index is 1450. The fourth-order valence-corrected chi connectivity index (χ4v) is 6.03. The quantitative estimate of drug-likeness (QED) is 0.163. The number of hydrogen-bond acceptors (Lipinski definition) is 7. The van der Waals surface area contributed by atoms with Gasteiger partial charge < -0.3 is 42.1 Å². The molecule has 12 heteroatoms. The number of benzene rings is 3. The predicted octanol–water partition coefficient (Wildman–Crippen LogP) is 3.15. The van der Waals surface area contributed by atoms with Gasteiger partial charge >= 0.3 is 12.1 Å². The molecule has 1 unspecified atom stereocenters. The van der Waals surface area contributed by atoms with Gasteiger partial charge in [0.1, 0.15) is 6.04 Å². The number of urea groups is 2. The number of amides is 5. The van der Waals surface area contributed by atoms with Crippen molar-refractivity contribution in [3.63, 3.8) is 0 Å². The third kappa shape index (κ3) is 8.96. The van der Waals surface area contributed by atoms with E-state index < -0.39 is 23.7 Å². The lowest BCUT2D eigenvalue weighted by Crippen LogP contribution is -2.57. The first-order valence-corrected chi connectivity index (χ1v) is 15.3. The molecule has 1 aliphatic heterocycles. The summed E-state index contributed by atoms with van der Waals surface area (Å²) >= 11 is 1.53. The number of fused-ring (bicyclic) bond motifs is 1. The van der Waals surface area contributed by atoms with Gasteiger partial charge in [-0.25, -0.2) is 9.59 Å². The molecule has 0 saturated heterocycles. The maximum absolute atomic E-state index is 13.4. The first kappa shape index (κ1) is 32.8. The number of hydrogen-bond donors (Lipinski definition) is 8. The second-order valence-corrected chi connectivity index (χ2v) is 12.5. The second-order valence-electron chi connectivity index (χ2n) is 11.2. The Morgan fingerprint density at radius 1 is 1.00 bits per heavy atom. The summed E-state index contributed by atoms with van der Waals surface area (Å²) in [5.41, 5.74) is 3.59. The summed E-state index contributed by atoms with van der Waals surface area (Å²) in [6.45, 7) is 3.76. The van der Waals surface area contributed by atoms with E-state index in [-0.39, 0.29) is 36.9 Å². The van der Waals surface area contributed by atoms with Crippen molar-refractivity contribution >= 4 is 41.1 Å². The van der Waals surface area contributed by atoms with Gasteiger partial charge in [-0.05, 0) is 49.6 Å². The van der Waals surface area contributed by atoms with Crippen LogP contribution in [0.15, 0.2) is 77.7 Å². The highest BCUT2D eigenvalue weighted by Crippen LogP contribution is 2.37. The van der Waals surface area contributed by atoms with Gasteiger partial charge in [0.05, 0.1) is 24.1 Å². The van der Waals surface area contributed by atoms with Gasteiger partial charge in [0.15, 0.2) is 0 Å². The number of anilines is 2. The molecule has 0 saturated carbocycles. The molecule has 44 heavy (non-hydrogen) atoms. The van der Waals surface area contributed by atoms with Crippen LogP contribution in [-0.4, -0.2) is 77.9 Å². The van der Waals surface area contributed by atoms with Gasteiger partial charge in [0.2, 0.25) is 5.91 Å². The topological polar surface area (TPSA) is 164 Å². The van der Waals surface area contributed by atoms with Crippen LogP contribution in [0.4, 0.5) is 21.0 Å². The summed E-state index contributed by atoms with van der Waals surface area (Å²) in [7, 11) is 1.56. The van der Waals surface area contributed by atoms with Gasteiger partial charge in [-0.1, -0.05) is 54.6 Å². The minimum absolute atomic E-state index is 0.170. The van der Waals surface area contributed by atoms with Crippen LogP contribution in [0, 0.1) is 0 Å². The van der Waals surface area contributed by atoms with E-state index >= 15 is 0 Å². The number of carbonyl (C=O) groups is 3. The number of nitrogens with one attached hydrogen (secondary N) is 6. The second kappa shape index (κ2) is 15.1. The van der Waals surface area contributed by atoms with Gasteiger partial charge in [-0.15, -0.1) is 11.8 Å². The Morgan fingerprint density at radius 3 is 2.43 bits per heavy atom. The number of thioether (sulfide) groups is 1. The molecule has 11 nitrogen and oxygen atoms in total. The average molecular weight is 621 g/mol. The molecule has 0 spiro atoms. The molecular weight excluding hydrogens is 580 g/mol. The van der Waals surface area contributed by atoms with Gasteiger partial charge in [-0.2, -0.15) is 0 Å². The highest BCUT2D eigenvalue weighted by Gasteiger charge is 2.35. The summed E-state index contributed by atoms with van der Waals surface area (Å²) in [5, 5.41) is 35.6. The van der Waals surface area contributed by atoms with Crippen molar-refractivity contribution in [2.75, 3.05) is 37.4 Å². The Morgan fingerprint density at radius 2 is 1.70 bits per heavy atom. The summed E-state index contributed by atoms with van der Waals surface area (Å²) in [6.07, 6.45) is -0.401. The number of rotatable bonds is 11. The first-order valence-electron chi connectivity index (χ1n) is 14.4. The molecule has 0 aromatic heterocycles. The minimum atomic E-state index is -0.903. The van der Waals surface area contributed by atoms with Crippen LogP contribution in [0.1, 0.15) is 19.4 Å². The standard InChI is InChI=1S/C32H40N6O5S/c1-32(2,35-17-22(40)18-39)19-34-31(43)38-28-27(44-26-11-7-6-10-25(26)36-29(28)41)16-20-12-14-21(15-13-20)23-8-4-5-9-24(23)37-30(42)33-3/h4-15,22,27-28,35,39-40H,16-19H2,1-3H3,(H,36,41)(H2,33,37,42)(H2,34,38,43)/t22-,27?,28+/m0/s1. The minimum Gasteiger partial charge on any atom is -0.394 e.